The minimum Gasteiger partial charge on any atom is -0.496 e. The van der Waals surface area contributed by atoms with Crippen LogP contribution in [-0.2, 0) is 11.2 Å². The van der Waals surface area contributed by atoms with Gasteiger partial charge in [-0.25, -0.2) is 9.97 Å². The quantitative estimate of drug-likeness (QED) is 0.383. The molecule has 0 saturated heterocycles. The number of oxazole rings is 1. The standard InChI is InChI=1S/C24H23N3O3S/c1-16-11-12-20(29-2)18(13-16)19-15-31-24(26-19)27-22(28)9-6-10-23-25-14-21(30-23)17-7-4-3-5-8-17/h3-5,7-8,11-15H,6,9-10H2,1-2H3,(H,26,27,28). The lowest BCUT2D eigenvalue weighted by atomic mass is 10.1. The highest BCUT2D eigenvalue weighted by atomic mass is 32.1. The fourth-order valence-electron chi connectivity index (χ4n) is 3.22. The lowest BCUT2D eigenvalue weighted by molar-refractivity contribution is -0.116. The molecule has 2 heterocycles. The van der Waals surface area contributed by atoms with E-state index < -0.39 is 0 Å². The molecule has 0 aliphatic carbocycles. The molecule has 2 aromatic heterocycles. The second kappa shape index (κ2) is 9.57. The van der Waals surface area contributed by atoms with E-state index in [1.165, 1.54) is 11.3 Å². The summed E-state index contributed by atoms with van der Waals surface area (Å²) in [6, 6.07) is 15.8. The number of hydrogen-bond acceptors (Lipinski definition) is 6. The number of nitrogens with zero attached hydrogens (tertiary/aromatic N) is 2. The number of rotatable bonds is 8. The molecule has 0 bridgehead atoms. The molecule has 2 aromatic carbocycles. The van der Waals surface area contributed by atoms with Crippen molar-refractivity contribution in [3.63, 3.8) is 0 Å². The van der Waals surface area contributed by atoms with Crippen LogP contribution in [0.2, 0.25) is 0 Å². The molecule has 1 N–H and O–H groups in total. The summed E-state index contributed by atoms with van der Waals surface area (Å²) in [4.78, 5) is 21.2. The van der Waals surface area contributed by atoms with E-state index in [-0.39, 0.29) is 5.91 Å². The Balaban J connectivity index is 1.30. The van der Waals surface area contributed by atoms with Gasteiger partial charge in [-0.05, 0) is 25.5 Å². The Hall–Kier alpha value is -3.45. The van der Waals surface area contributed by atoms with Gasteiger partial charge < -0.3 is 14.5 Å². The molecule has 0 aliphatic heterocycles. The van der Waals surface area contributed by atoms with Crippen molar-refractivity contribution in [3.05, 3.63) is 71.6 Å². The second-order valence-electron chi connectivity index (χ2n) is 7.13. The molecule has 0 radical (unpaired) electrons. The zero-order valence-corrected chi connectivity index (χ0v) is 18.2. The van der Waals surface area contributed by atoms with Crippen LogP contribution in [0.5, 0.6) is 5.75 Å². The van der Waals surface area contributed by atoms with E-state index >= 15 is 0 Å². The summed E-state index contributed by atoms with van der Waals surface area (Å²) in [5.41, 5.74) is 3.81. The van der Waals surface area contributed by atoms with E-state index in [4.69, 9.17) is 9.15 Å². The van der Waals surface area contributed by atoms with Crippen molar-refractivity contribution in [2.75, 3.05) is 12.4 Å². The van der Waals surface area contributed by atoms with E-state index in [1.807, 2.05) is 60.8 Å². The second-order valence-corrected chi connectivity index (χ2v) is 7.99. The first-order chi connectivity index (χ1) is 15.1. The van der Waals surface area contributed by atoms with Crippen molar-refractivity contribution in [1.82, 2.24) is 9.97 Å². The van der Waals surface area contributed by atoms with Gasteiger partial charge in [-0.15, -0.1) is 11.3 Å². The van der Waals surface area contributed by atoms with Crippen molar-refractivity contribution >= 4 is 22.4 Å². The summed E-state index contributed by atoms with van der Waals surface area (Å²) < 4.78 is 11.2. The number of carbonyl (C=O) groups excluding carboxylic acids is 1. The Morgan fingerprint density at radius 2 is 2.03 bits per heavy atom. The molecule has 7 heteroatoms. The van der Waals surface area contributed by atoms with Crippen molar-refractivity contribution in [2.24, 2.45) is 0 Å². The average molecular weight is 434 g/mol. The number of nitrogens with one attached hydrogen (secondary N) is 1. The minimum absolute atomic E-state index is 0.0769. The lowest BCUT2D eigenvalue weighted by Gasteiger charge is -2.07. The van der Waals surface area contributed by atoms with Gasteiger partial charge >= 0.3 is 0 Å². The monoisotopic (exact) mass is 433 g/mol. The van der Waals surface area contributed by atoms with Crippen molar-refractivity contribution < 1.29 is 13.9 Å². The maximum absolute atomic E-state index is 12.3. The van der Waals surface area contributed by atoms with Gasteiger partial charge in [0.15, 0.2) is 16.8 Å². The van der Waals surface area contributed by atoms with E-state index in [9.17, 15) is 4.79 Å². The van der Waals surface area contributed by atoms with Gasteiger partial charge in [-0.2, -0.15) is 0 Å². The molecule has 1 amide bonds. The average Bonchev–Trinajstić information content (AvgIpc) is 3.44. The highest BCUT2D eigenvalue weighted by Crippen LogP contribution is 2.33. The summed E-state index contributed by atoms with van der Waals surface area (Å²) in [7, 11) is 1.64. The Morgan fingerprint density at radius 3 is 2.84 bits per heavy atom. The molecule has 4 aromatic rings. The molecule has 0 fully saturated rings. The maximum atomic E-state index is 12.3. The SMILES string of the molecule is COc1ccc(C)cc1-c1csc(NC(=O)CCCc2ncc(-c3ccccc3)o2)n1. The fourth-order valence-corrected chi connectivity index (χ4v) is 3.95. The number of methoxy groups -OCH3 is 1. The van der Waals surface area contributed by atoms with Gasteiger partial charge in [0, 0.05) is 29.3 Å². The fraction of sp³-hybridized carbons (Fsp3) is 0.208. The van der Waals surface area contributed by atoms with Crippen LogP contribution in [0.3, 0.4) is 0 Å². The van der Waals surface area contributed by atoms with Gasteiger partial charge in [0.2, 0.25) is 5.91 Å². The number of amides is 1. The van der Waals surface area contributed by atoms with E-state index in [0.29, 0.717) is 30.3 Å². The Morgan fingerprint density at radius 1 is 1.19 bits per heavy atom. The van der Waals surface area contributed by atoms with E-state index in [2.05, 4.69) is 15.3 Å². The summed E-state index contributed by atoms with van der Waals surface area (Å²) >= 11 is 1.40. The molecule has 0 saturated carbocycles. The summed E-state index contributed by atoms with van der Waals surface area (Å²) in [6.07, 6.45) is 3.33. The molecule has 4 rings (SSSR count). The van der Waals surface area contributed by atoms with E-state index in [0.717, 1.165) is 33.9 Å². The highest BCUT2D eigenvalue weighted by molar-refractivity contribution is 7.14. The highest BCUT2D eigenvalue weighted by Gasteiger charge is 2.13. The molecule has 0 spiro atoms. The number of thiazole rings is 1. The van der Waals surface area contributed by atoms with Crippen molar-refractivity contribution in [3.8, 4) is 28.3 Å². The van der Waals surface area contributed by atoms with Crippen LogP contribution in [0.15, 0.2) is 64.5 Å². The zero-order chi connectivity index (χ0) is 21.6. The van der Waals surface area contributed by atoms with Crippen molar-refractivity contribution in [1.29, 1.82) is 0 Å². The molecular formula is C24H23N3O3S. The van der Waals surface area contributed by atoms with Crippen LogP contribution in [0.25, 0.3) is 22.6 Å². The predicted octanol–water partition coefficient (Wildman–Crippen LogP) is 5.74. The lowest BCUT2D eigenvalue weighted by Crippen LogP contribution is -2.11. The van der Waals surface area contributed by atoms with E-state index in [1.54, 1.807) is 13.3 Å². The third-order valence-electron chi connectivity index (χ3n) is 4.79. The number of carbonyl (C=O) groups is 1. The predicted molar refractivity (Wildman–Crippen MR) is 122 cm³/mol. The molecule has 158 valence electrons. The Labute approximate surface area is 184 Å². The van der Waals surface area contributed by atoms with Crippen LogP contribution >= 0.6 is 11.3 Å². The first kappa shape index (κ1) is 20.8. The molecular weight excluding hydrogens is 410 g/mol. The molecule has 0 unspecified atom stereocenters. The summed E-state index contributed by atoms with van der Waals surface area (Å²) in [6.45, 7) is 2.02. The van der Waals surface area contributed by atoms with Crippen molar-refractivity contribution in [2.45, 2.75) is 26.2 Å². The maximum Gasteiger partial charge on any atom is 0.226 e. The first-order valence-electron chi connectivity index (χ1n) is 10.0. The minimum atomic E-state index is -0.0769. The third-order valence-corrected chi connectivity index (χ3v) is 5.55. The number of ether oxygens (including phenoxy) is 1. The number of aryl methyl sites for hydroxylation is 2. The topological polar surface area (TPSA) is 77.2 Å². The van der Waals surface area contributed by atoms with Gasteiger partial charge in [0.25, 0.3) is 0 Å². The largest absolute Gasteiger partial charge is 0.496 e. The zero-order valence-electron chi connectivity index (χ0n) is 17.4. The summed E-state index contributed by atoms with van der Waals surface area (Å²) in [5.74, 6) is 2.05. The van der Waals surface area contributed by atoms with Crippen LogP contribution in [0.4, 0.5) is 5.13 Å². The van der Waals surface area contributed by atoms with Gasteiger partial charge in [-0.1, -0.05) is 42.0 Å². The van der Waals surface area contributed by atoms with Crippen LogP contribution in [0.1, 0.15) is 24.3 Å². The normalized spacial score (nSPS) is 10.8. The van der Waals surface area contributed by atoms with Gasteiger partial charge in [0.05, 0.1) is 19.0 Å². The number of hydrogen-bond donors (Lipinski definition) is 1. The molecule has 6 nitrogen and oxygen atoms in total. The number of benzene rings is 2. The number of anilines is 1. The van der Waals surface area contributed by atoms with Crippen LogP contribution < -0.4 is 10.1 Å². The molecule has 0 atom stereocenters. The molecule has 0 aliphatic rings. The first-order valence-corrected chi connectivity index (χ1v) is 10.9. The number of aromatic nitrogens is 2. The van der Waals surface area contributed by atoms with Gasteiger partial charge in [0.1, 0.15) is 5.75 Å². The van der Waals surface area contributed by atoms with Crippen LogP contribution in [0, 0.1) is 6.92 Å². The Bertz CT molecular complexity index is 1170. The van der Waals surface area contributed by atoms with Gasteiger partial charge in [-0.3, -0.25) is 4.79 Å². The third kappa shape index (κ3) is 5.19. The molecule has 31 heavy (non-hydrogen) atoms. The summed E-state index contributed by atoms with van der Waals surface area (Å²) in [5, 5.41) is 5.37. The Kier molecular flexibility index (Phi) is 6.43. The smallest absolute Gasteiger partial charge is 0.226 e. The van der Waals surface area contributed by atoms with Crippen LogP contribution in [-0.4, -0.2) is 23.0 Å².